The summed E-state index contributed by atoms with van der Waals surface area (Å²) >= 11 is 0. The fraction of sp³-hybridized carbons (Fsp3) is 0.647. The molecule has 1 N–H and O–H groups in total. The van der Waals surface area contributed by atoms with Gasteiger partial charge in [-0.15, -0.1) is 0 Å². The summed E-state index contributed by atoms with van der Waals surface area (Å²) in [6, 6.07) is 9.11. The summed E-state index contributed by atoms with van der Waals surface area (Å²) in [4.78, 5) is 0. The summed E-state index contributed by atoms with van der Waals surface area (Å²) in [5.74, 6) is 1.10. The number of nitrogens with one attached hydrogen (secondary N) is 1. The molecule has 2 unspecified atom stereocenters. The van der Waals surface area contributed by atoms with Gasteiger partial charge < -0.3 is 10.1 Å². The van der Waals surface area contributed by atoms with Crippen molar-refractivity contribution in [3.63, 3.8) is 0 Å². The van der Waals surface area contributed by atoms with Crippen LogP contribution in [-0.2, 0) is 6.42 Å². The van der Waals surface area contributed by atoms with E-state index < -0.39 is 0 Å². The van der Waals surface area contributed by atoms with Crippen molar-refractivity contribution in [1.29, 1.82) is 0 Å². The van der Waals surface area contributed by atoms with Crippen LogP contribution in [0.2, 0.25) is 0 Å². The number of rotatable bonds is 8. The normalized spacial score (nSPS) is 18.9. The molecule has 1 aromatic rings. The molecule has 19 heavy (non-hydrogen) atoms. The first-order chi connectivity index (χ1) is 9.33. The molecule has 0 radical (unpaired) electrons. The summed E-state index contributed by atoms with van der Waals surface area (Å²) in [7, 11) is 0. The number of fused-ring (bicyclic) bond motifs is 1. The second-order valence-electron chi connectivity index (χ2n) is 5.57. The SMILES string of the molecule is CCCNC(CCC)CCC1Cc2ccccc2O1. The average molecular weight is 261 g/mol. The molecule has 106 valence electrons. The minimum absolute atomic E-state index is 0.389. The van der Waals surface area contributed by atoms with Crippen molar-refractivity contribution in [2.24, 2.45) is 0 Å². The van der Waals surface area contributed by atoms with E-state index in [-0.39, 0.29) is 0 Å². The average Bonchev–Trinajstić information content (AvgIpc) is 2.84. The van der Waals surface area contributed by atoms with E-state index in [9.17, 15) is 0 Å². The number of ether oxygens (including phenoxy) is 1. The third kappa shape index (κ3) is 4.24. The topological polar surface area (TPSA) is 21.3 Å². The van der Waals surface area contributed by atoms with Crippen molar-refractivity contribution < 1.29 is 4.74 Å². The standard InChI is InChI=1S/C17H27NO/c1-3-7-15(18-12-4-2)10-11-16-13-14-8-5-6-9-17(14)19-16/h5-6,8-9,15-16,18H,3-4,7,10-13H2,1-2H3. The Hall–Kier alpha value is -1.02. The highest BCUT2D eigenvalue weighted by atomic mass is 16.5. The molecule has 1 aromatic carbocycles. The van der Waals surface area contributed by atoms with E-state index >= 15 is 0 Å². The predicted octanol–water partition coefficient (Wildman–Crippen LogP) is 3.94. The molecule has 0 saturated heterocycles. The van der Waals surface area contributed by atoms with E-state index in [1.165, 1.54) is 31.2 Å². The molecule has 0 amide bonds. The molecular formula is C17H27NO. The van der Waals surface area contributed by atoms with Crippen LogP contribution in [-0.4, -0.2) is 18.7 Å². The lowest BCUT2D eigenvalue weighted by molar-refractivity contribution is 0.209. The van der Waals surface area contributed by atoms with E-state index in [1.54, 1.807) is 0 Å². The molecule has 1 aliphatic rings. The lowest BCUT2D eigenvalue weighted by atomic mass is 10.0. The van der Waals surface area contributed by atoms with Gasteiger partial charge >= 0.3 is 0 Å². The van der Waals surface area contributed by atoms with Crippen LogP contribution < -0.4 is 10.1 Å². The molecule has 2 nitrogen and oxygen atoms in total. The van der Waals surface area contributed by atoms with Crippen molar-refractivity contribution in [2.75, 3.05) is 6.54 Å². The van der Waals surface area contributed by atoms with E-state index in [2.05, 4.69) is 43.4 Å². The fourth-order valence-electron chi connectivity index (χ4n) is 2.85. The highest BCUT2D eigenvalue weighted by molar-refractivity contribution is 5.37. The Morgan fingerprint density at radius 2 is 2.05 bits per heavy atom. The summed E-state index contributed by atoms with van der Waals surface area (Å²) in [6.45, 7) is 5.63. The van der Waals surface area contributed by atoms with Crippen LogP contribution >= 0.6 is 0 Å². The Morgan fingerprint density at radius 3 is 2.79 bits per heavy atom. The molecule has 0 spiro atoms. The van der Waals surface area contributed by atoms with Crippen LogP contribution in [0.3, 0.4) is 0 Å². The van der Waals surface area contributed by atoms with Gasteiger partial charge in [-0.2, -0.15) is 0 Å². The molecule has 2 atom stereocenters. The van der Waals surface area contributed by atoms with Gasteiger partial charge in [-0.3, -0.25) is 0 Å². The monoisotopic (exact) mass is 261 g/mol. The van der Waals surface area contributed by atoms with E-state index in [1.807, 2.05) is 0 Å². The molecule has 0 aromatic heterocycles. The molecular weight excluding hydrogens is 234 g/mol. The maximum absolute atomic E-state index is 6.01. The Labute approximate surface area is 117 Å². The highest BCUT2D eigenvalue weighted by Gasteiger charge is 2.22. The smallest absolute Gasteiger partial charge is 0.123 e. The molecule has 2 rings (SSSR count). The zero-order valence-corrected chi connectivity index (χ0v) is 12.3. The van der Waals surface area contributed by atoms with Crippen LogP contribution in [0, 0.1) is 0 Å². The van der Waals surface area contributed by atoms with Crippen molar-refractivity contribution >= 4 is 0 Å². The van der Waals surface area contributed by atoms with Gasteiger partial charge in [0, 0.05) is 12.5 Å². The van der Waals surface area contributed by atoms with Crippen LogP contribution in [0.25, 0.3) is 0 Å². The first kappa shape index (κ1) is 14.4. The lowest BCUT2D eigenvalue weighted by Gasteiger charge is -2.19. The van der Waals surface area contributed by atoms with Gasteiger partial charge in [-0.25, -0.2) is 0 Å². The van der Waals surface area contributed by atoms with Crippen molar-refractivity contribution in [2.45, 2.75) is 64.5 Å². The van der Waals surface area contributed by atoms with Crippen molar-refractivity contribution in [1.82, 2.24) is 5.32 Å². The van der Waals surface area contributed by atoms with E-state index in [4.69, 9.17) is 4.74 Å². The number of para-hydroxylation sites is 1. The second kappa shape index (κ2) is 7.54. The Morgan fingerprint density at radius 1 is 1.21 bits per heavy atom. The molecule has 2 heteroatoms. The summed E-state index contributed by atoms with van der Waals surface area (Å²) in [5.41, 5.74) is 1.38. The van der Waals surface area contributed by atoms with Gasteiger partial charge in [-0.1, -0.05) is 38.5 Å². The summed E-state index contributed by atoms with van der Waals surface area (Å²) < 4.78 is 6.01. The number of benzene rings is 1. The minimum Gasteiger partial charge on any atom is -0.490 e. The van der Waals surface area contributed by atoms with Crippen LogP contribution in [0.15, 0.2) is 24.3 Å². The van der Waals surface area contributed by atoms with Crippen molar-refractivity contribution in [3.8, 4) is 5.75 Å². The Kier molecular flexibility index (Phi) is 5.71. The molecule has 1 heterocycles. The van der Waals surface area contributed by atoms with Gasteiger partial charge in [0.05, 0.1) is 0 Å². The zero-order chi connectivity index (χ0) is 13.5. The van der Waals surface area contributed by atoms with E-state index in [0.29, 0.717) is 12.1 Å². The fourth-order valence-corrected chi connectivity index (χ4v) is 2.85. The van der Waals surface area contributed by atoms with Crippen LogP contribution in [0.4, 0.5) is 0 Å². The molecule has 0 aliphatic carbocycles. The van der Waals surface area contributed by atoms with Crippen molar-refractivity contribution in [3.05, 3.63) is 29.8 Å². The summed E-state index contributed by atoms with van der Waals surface area (Å²) in [6.07, 6.45) is 7.61. The third-order valence-corrected chi connectivity index (χ3v) is 3.87. The van der Waals surface area contributed by atoms with E-state index in [0.717, 1.165) is 25.1 Å². The molecule has 0 fully saturated rings. The number of hydrogen-bond donors (Lipinski definition) is 1. The van der Waals surface area contributed by atoms with Crippen LogP contribution in [0.1, 0.15) is 51.5 Å². The largest absolute Gasteiger partial charge is 0.490 e. The molecule has 1 aliphatic heterocycles. The molecule has 0 bridgehead atoms. The zero-order valence-electron chi connectivity index (χ0n) is 12.3. The third-order valence-electron chi connectivity index (χ3n) is 3.87. The quantitative estimate of drug-likeness (QED) is 0.765. The minimum atomic E-state index is 0.389. The predicted molar refractivity (Wildman–Crippen MR) is 80.8 cm³/mol. The Bertz CT molecular complexity index is 352. The Balaban J connectivity index is 1.76. The first-order valence-corrected chi connectivity index (χ1v) is 7.81. The van der Waals surface area contributed by atoms with Gasteiger partial charge in [0.2, 0.25) is 0 Å². The highest BCUT2D eigenvalue weighted by Crippen LogP contribution is 2.30. The second-order valence-corrected chi connectivity index (χ2v) is 5.57. The van der Waals surface area contributed by atoms with Crippen LogP contribution in [0.5, 0.6) is 5.75 Å². The maximum atomic E-state index is 6.01. The summed E-state index contributed by atoms with van der Waals surface area (Å²) in [5, 5.41) is 3.66. The maximum Gasteiger partial charge on any atom is 0.123 e. The lowest BCUT2D eigenvalue weighted by Crippen LogP contribution is -2.31. The number of hydrogen-bond acceptors (Lipinski definition) is 2. The van der Waals surface area contributed by atoms with Gasteiger partial charge in [0.1, 0.15) is 11.9 Å². The van der Waals surface area contributed by atoms with Gasteiger partial charge in [-0.05, 0) is 43.9 Å². The first-order valence-electron chi connectivity index (χ1n) is 7.81. The molecule has 0 saturated carbocycles. The van der Waals surface area contributed by atoms with Gasteiger partial charge in [0.25, 0.3) is 0 Å². The van der Waals surface area contributed by atoms with Gasteiger partial charge in [0.15, 0.2) is 0 Å².